The molecule has 2 unspecified atom stereocenters. The van der Waals surface area contributed by atoms with Crippen LogP contribution in [0.2, 0.25) is 0 Å². The van der Waals surface area contributed by atoms with Gasteiger partial charge in [0.2, 0.25) is 5.88 Å². The minimum absolute atomic E-state index is 0.0789. The second-order valence-corrected chi connectivity index (χ2v) is 7.62. The fourth-order valence-corrected chi connectivity index (χ4v) is 3.24. The maximum atomic E-state index is 14.6. The van der Waals surface area contributed by atoms with Crippen LogP contribution in [0.5, 0.6) is 11.6 Å². The van der Waals surface area contributed by atoms with Crippen molar-refractivity contribution >= 4 is 0 Å². The van der Waals surface area contributed by atoms with Crippen LogP contribution in [0, 0.1) is 30.5 Å². The smallest absolute Gasteiger partial charge is 0.213 e. The number of ether oxygens (including phenoxy) is 2. The van der Waals surface area contributed by atoms with Gasteiger partial charge in [-0.25, -0.2) is 9.37 Å². The van der Waals surface area contributed by atoms with E-state index < -0.39 is 5.82 Å². The van der Waals surface area contributed by atoms with Gasteiger partial charge in [0.15, 0.2) is 11.6 Å². The van der Waals surface area contributed by atoms with Crippen molar-refractivity contribution in [2.45, 2.75) is 26.2 Å². The van der Waals surface area contributed by atoms with Crippen molar-refractivity contribution < 1.29 is 19.0 Å². The standard InChI is InChI=1S/C22H24FNO3/c1-13-8-16(20-4-3-5-21(24-20)26-11-15-6-7-15)10-19(23)22(13)27-12-17-9-18(17)14(2)25/h3-5,8,10,15,17-18,25H,2,6-7,9,11-12H2,1H3. The summed E-state index contributed by atoms with van der Waals surface area (Å²) in [5.74, 6) is 1.55. The van der Waals surface area contributed by atoms with E-state index in [2.05, 4.69) is 11.6 Å². The molecule has 0 saturated heterocycles. The molecular formula is C22H24FNO3. The number of nitrogens with zero attached hydrogens (tertiary/aromatic N) is 1. The summed E-state index contributed by atoms with van der Waals surface area (Å²) in [5, 5.41) is 9.38. The predicted molar refractivity (Wildman–Crippen MR) is 101 cm³/mol. The van der Waals surface area contributed by atoms with Gasteiger partial charge in [-0.05, 0) is 55.9 Å². The molecule has 2 saturated carbocycles. The molecule has 4 nitrogen and oxygen atoms in total. The average molecular weight is 369 g/mol. The van der Waals surface area contributed by atoms with E-state index in [9.17, 15) is 9.50 Å². The van der Waals surface area contributed by atoms with Crippen LogP contribution in [0.3, 0.4) is 0 Å². The van der Waals surface area contributed by atoms with Crippen LogP contribution < -0.4 is 9.47 Å². The Morgan fingerprint density at radius 1 is 1.26 bits per heavy atom. The van der Waals surface area contributed by atoms with Crippen LogP contribution in [0.1, 0.15) is 24.8 Å². The highest BCUT2D eigenvalue weighted by Crippen LogP contribution is 2.43. The number of aliphatic hydroxyl groups is 1. The molecule has 4 rings (SSSR count). The minimum atomic E-state index is -0.406. The molecule has 2 aliphatic rings. The zero-order chi connectivity index (χ0) is 19.0. The van der Waals surface area contributed by atoms with Crippen LogP contribution >= 0.6 is 0 Å². The average Bonchev–Trinajstić information content (AvgIpc) is 3.53. The molecule has 2 atom stereocenters. The van der Waals surface area contributed by atoms with Crippen molar-refractivity contribution in [3.05, 3.63) is 54.1 Å². The first-order chi connectivity index (χ1) is 13.0. The maximum absolute atomic E-state index is 14.6. The predicted octanol–water partition coefficient (Wildman–Crippen LogP) is 5.07. The zero-order valence-corrected chi connectivity index (χ0v) is 15.5. The van der Waals surface area contributed by atoms with E-state index in [-0.39, 0.29) is 23.3 Å². The van der Waals surface area contributed by atoms with Crippen molar-refractivity contribution in [1.29, 1.82) is 0 Å². The molecule has 5 heteroatoms. The van der Waals surface area contributed by atoms with Gasteiger partial charge in [-0.3, -0.25) is 0 Å². The first-order valence-electron chi connectivity index (χ1n) is 9.42. The molecule has 0 radical (unpaired) electrons. The van der Waals surface area contributed by atoms with E-state index in [0.717, 1.165) is 12.0 Å². The lowest BCUT2D eigenvalue weighted by molar-refractivity contribution is 0.270. The Bertz CT molecular complexity index is 839. The quantitative estimate of drug-likeness (QED) is 0.660. The normalized spacial score (nSPS) is 21.0. The van der Waals surface area contributed by atoms with Gasteiger partial charge < -0.3 is 14.6 Å². The number of hydrogen-bond donors (Lipinski definition) is 1. The summed E-state index contributed by atoms with van der Waals surface area (Å²) in [4.78, 5) is 4.50. The van der Waals surface area contributed by atoms with Gasteiger partial charge in [-0.15, -0.1) is 0 Å². The molecule has 0 spiro atoms. The highest BCUT2D eigenvalue weighted by atomic mass is 19.1. The second-order valence-electron chi connectivity index (χ2n) is 7.62. The van der Waals surface area contributed by atoms with Crippen molar-refractivity contribution in [3.63, 3.8) is 0 Å². The first-order valence-corrected chi connectivity index (χ1v) is 9.42. The summed E-state index contributed by atoms with van der Waals surface area (Å²) < 4.78 is 26.0. The number of aromatic nitrogens is 1. The molecule has 2 aliphatic carbocycles. The lowest BCUT2D eigenvalue weighted by Crippen LogP contribution is -2.05. The summed E-state index contributed by atoms with van der Waals surface area (Å²) in [5.41, 5.74) is 2.09. The van der Waals surface area contributed by atoms with Crippen LogP contribution in [0.25, 0.3) is 11.3 Å². The molecule has 1 heterocycles. The van der Waals surface area contributed by atoms with E-state index in [4.69, 9.17) is 9.47 Å². The highest BCUT2D eigenvalue weighted by Gasteiger charge is 2.40. The van der Waals surface area contributed by atoms with Gasteiger partial charge in [0.1, 0.15) is 0 Å². The van der Waals surface area contributed by atoms with Gasteiger partial charge in [0.05, 0.1) is 24.7 Å². The monoisotopic (exact) mass is 369 g/mol. The summed E-state index contributed by atoms with van der Waals surface area (Å²) >= 11 is 0. The van der Waals surface area contributed by atoms with Gasteiger partial charge in [0.25, 0.3) is 0 Å². The van der Waals surface area contributed by atoms with Crippen LogP contribution in [0.4, 0.5) is 4.39 Å². The first kappa shape index (κ1) is 17.8. The van der Waals surface area contributed by atoms with Crippen molar-refractivity contribution in [2.24, 2.45) is 17.8 Å². The Labute approximate surface area is 158 Å². The summed E-state index contributed by atoms with van der Waals surface area (Å²) in [6.07, 6.45) is 3.28. The zero-order valence-electron chi connectivity index (χ0n) is 15.5. The summed E-state index contributed by atoms with van der Waals surface area (Å²) in [7, 11) is 0. The molecule has 1 N–H and O–H groups in total. The molecule has 2 aromatic rings. The molecule has 0 amide bonds. The Hall–Kier alpha value is -2.56. The summed E-state index contributed by atoms with van der Waals surface area (Å²) in [6, 6.07) is 8.87. The SMILES string of the molecule is C=C(O)C1CC1COc1c(C)cc(-c2cccc(OCC3CC3)n2)cc1F. The largest absolute Gasteiger partial charge is 0.513 e. The number of pyridine rings is 1. The van der Waals surface area contributed by atoms with Gasteiger partial charge in [-0.1, -0.05) is 12.6 Å². The molecular weight excluding hydrogens is 345 g/mol. The van der Waals surface area contributed by atoms with Crippen molar-refractivity contribution in [1.82, 2.24) is 4.98 Å². The van der Waals surface area contributed by atoms with Gasteiger partial charge in [0, 0.05) is 23.5 Å². The third-order valence-electron chi connectivity index (χ3n) is 5.20. The third-order valence-corrected chi connectivity index (χ3v) is 5.20. The Kier molecular flexibility index (Phi) is 4.77. The molecule has 142 valence electrons. The number of benzene rings is 1. The fourth-order valence-electron chi connectivity index (χ4n) is 3.24. The summed E-state index contributed by atoms with van der Waals surface area (Å²) in [6.45, 7) is 6.44. The Morgan fingerprint density at radius 3 is 2.74 bits per heavy atom. The number of rotatable bonds is 8. The highest BCUT2D eigenvalue weighted by molar-refractivity contribution is 5.62. The number of aliphatic hydroxyl groups excluding tert-OH is 1. The topological polar surface area (TPSA) is 51.6 Å². The van der Waals surface area contributed by atoms with E-state index in [1.807, 2.05) is 31.2 Å². The molecule has 2 fully saturated rings. The third kappa shape index (κ3) is 4.24. The molecule has 1 aromatic heterocycles. The van der Waals surface area contributed by atoms with Crippen LogP contribution in [0.15, 0.2) is 42.7 Å². The Morgan fingerprint density at radius 2 is 2.07 bits per heavy atom. The van der Waals surface area contributed by atoms with Crippen molar-refractivity contribution in [3.8, 4) is 22.9 Å². The number of hydrogen-bond acceptors (Lipinski definition) is 4. The van der Waals surface area contributed by atoms with E-state index in [1.54, 1.807) is 0 Å². The lowest BCUT2D eigenvalue weighted by Gasteiger charge is -2.13. The second kappa shape index (κ2) is 7.22. The molecule has 0 aliphatic heterocycles. The lowest BCUT2D eigenvalue weighted by atomic mass is 10.1. The van der Waals surface area contributed by atoms with E-state index in [1.165, 1.54) is 18.9 Å². The fraction of sp³-hybridized carbons (Fsp3) is 0.409. The number of allylic oxidation sites excluding steroid dienone is 1. The number of halogens is 1. The molecule has 1 aromatic carbocycles. The van der Waals surface area contributed by atoms with E-state index in [0.29, 0.717) is 36.3 Å². The van der Waals surface area contributed by atoms with Crippen molar-refractivity contribution in [2.75, 3.05) is 13.2 Å². The minimum Gasteiger partial charge on any atom is -0.513 e. The maximum Gasteiger partial charge on any atom is 0.213 e. The van der Waals surface area contributed by atoms with Crippen LogP contribution in [-0.4, -0.2) is 23.3 Å². The molecule has 27 heavy (non-hydrogen) atoms. The van der Waals surface area contributed by atoms with E-state index >= 15 is 0 Å². The van der Waals surface area contributed by atoms with Crippen LogP contribution in [-0.2, 0) is 0 Å². The molecule has 0 bridgehead atoms. The van der Waals surface area contributed by atoms with Gasteiger partial charge in [-0.2, -0.15) is 0 Å². The Balaban J connectivity index is 1.46. The van der Waals surface area contributed by atoms with Gasteiger partial charge >= 0.3 is 0 Å². The number of aryl methyl sites for hydroxylation is 1.